The van der Waals surface area contributed by atoms with Crippen molar-refractivity contribution in [2.75, 3.05) is 6.61 Å². The average molecular weight is 219 g/mol. The van der Waals surface area contributed by atoms with E-state index >= 15 is 0 Å². The van der Waals surface area contributed by atoms with Crippen LogP contribution in [0.25, 0.3) is 0 Å². The Balaban J connectivity index is 2.57. The molecule has 0 amide bonds. The molecule has 1 aliphatic rings. The molecule has 1 saturated heterocycles. The van der Waals surface area contributed by atoms with Crippen LogP contribution in [0.2, 0.25) is 0 Å². The van der Waals surface area contributed by atoms with Gasteiger partial charge < -0.3 is 25.7 Å². The van der Waals surface area contributed by atoms with E-state index in [1.165, 1.54) is 0 Å². The summed E-state index contributed by atoms with van der Waals surface area (Å²) in [6.45, 7) is 1.80. The van der Waals surface area contributed by atoms with Crippen LogP contribution in [0, 0.1) is 0 Å². The van der Waals surface area contributed by atoms with Crippen LogP contribution in [0.15, 0.2) is 0 Å². The van der Waals surface area contributed by atoms with Crippen molar-refractivity contribution < 1.29 is 20.4 Å². The molecule has 1 fully saturated rings. The lowest BCUT2D eigenvalue weighted by Crippen LogP contribution is -2.65. The van der Waals surface area contributed by atoms with E-state index in [0.717, 1.165) is 19.3 Å². The molecule has 0 radical (unpaired) electrons. The molecule has 0 saturated carbocycles. The van der Waals surface area contributed by atoms with Crippen LogP contribution in [0.4, 0.5) is 0 Å². The predicted molar refractivity (Wildman–Crippen MR) is 55.3 cm³/mol. The summed E-state index contributed by atoms with van der Waals surface area (Å²) in [7, 11) is 0. The van der Waals surface area contributed by atoms with Gasteiger partial charge in [-0.1, -0.05) is 19.8 Å². The zero-order valence-electron chi connectivity index (χ0n) is 9.00. The molecule has 1 rings (SSSR count). The quantitative estimate of drug-likeness (QED) is 0.401. The summed E-state index contributed by atoms with van der Waals surface area (Å²) in [5.74, 6) is 0. The number of hydrogen-bond donors (Lipinski definition) is 5. The highest BCUT2D eigenvalue weighted by atomic mass is 16.4. The van der Waals surface area contributed by atoms with Gasteiger partial charge in [0.1, 0.15) is 6.10 Å². The van der Waals surface area contributed by atoms with Gasteiger partial charge in [-0.2, -0.15) is 0 Å². The molecule has 5 N–H and O–H groups in total. The molecule has 0 aromatic carbocycles. The summed E-state index contributed by atoms with van der Waals surface area (Å²) in [4.78, 5) is 0. The first-order chi connectivity index (χ1) is 7.11. The van der Waals surface area contributed by atoms with Crippen LogP contribution < -0.4 is 5.32 Å². The van der Waals surface area contributed by atoms with Gasteiger partial charge in [0.2, 0.25) is 0 Å². The van der Waals surface area contributed by atoms with Crippen LogP contribution >= 0.6 is 0 Å². The maximum absolute atomic E-state index is 9.69. The van der Waals surface area contributed by atoms with E-state index in [9.17, 15) is 15.3 Å². The Kier molecular flexibility index (Phi) is 4.95. The topological polar surface area (TPSA) is 93.0 Å². The van der Waals surface area contributed by atoms with Crippen molar-refractivity contribution in [3.8, 4) is 0 Å². The molecule has 5 heteroatoms. The zero-order valence-corrected chi connectivity index (χ0v) is 9.00. The Morgan fingerprint density at radius 1 is 1.00 bits per heavy atom. The van der Waals surface area contributed by atoms with Crippen molar-refractivity contribution in [3.05, 3.63) is 0 Å². The highest BCUT2D eigenvalue weighted by Crippen LogP contribution is 2.18. The SMILES string of the molecule is CCCC[C@H]1N[C@H](CO)[C@@H](O)[C@@H](O)[C@@H]1O. The minimum Gasteiger partial charge on any atom is -0.395 e. The molecular weight excluding hydrogens is 198 g/mol. The fraction of sp³-hybridized carbons (Fsp3) is 1.00. The van der Waals surface area contributed by atoms with Gasteiger partial charge in [-0.05, 0) is 6.42 Å². The van der Waals surface area contributed by atoms with Gasteiger partial charge in [-0.25, -0.2) is 0 Å². The fourth-order valence-corrected chi connectivity index (χ4v) is 1.99. The van der Waals surface area contributed by atoms with Crippen molar-refractivity contribution >= 4 is 0 Å². The molecule has 90 valence electrons. The molecule has 0 aliphatic carbocycles. The van der Waals surface area contributed by atoms with Gasteiger partial charge in [-0.15, -0.1) is 0 Å². The summed E-state index contributed by atoms with van der Waals surface area (Å²) in [6, 6.07) is -0.800. The van der Waals surface area contributed by atoms with E-state index in [-0.39, 0.29) is 12.6 Å². The van der Waals surface area contributed by atoms with Gasteiger partial charge >= 0.3 is 0 Å². The third-order valence-corrected chi connectivity index (χ3v) is 3.02. The highest BCUT2D eigenvalue weighted by molar-refractivity contribution is 4.97. The van der Waals surface area contributed by atoms with Crippen molar-refractivity contribution in [3.63, 3.8) is 0 Å². The predicted octanol–water partition coefficient (Wildman–Crippen LogP) is -1.41. The monoisotopic (exact) mass is 219 g/mol. The number of rotatable bonds is 4. The summed E-state index contributed by atoms with van der Waals surface area (Å²) in [5.41, 5.74) is 0. The van der Waals surface area contributed by atoms with Crippen LogP contribution in [0.5, 0.6) is 0 Å². The normalized spacial score (nSPS) is 41.8. The second-order valence-corrected chi connectivity index (χ2v) is 4.18. The largest absolute Gasteiger partial charge is 0.395 e. The van der Waals surface area contributed by atoms with Gasteiger partial charge in [0, 0.05) is 6.04 Å². The summed E-state index contributed by atoms with van der Waals surface area (Å²) < 4.78 is 0. The summed E-state index contributed by atoms with van der Waals surface area (Å²) >= 11 is 0. The number of unbranched alkanes of at least 4 members (excludes halogenated alkanes) is 1. The molecular formula is C10H21NO4. The molecule has 5 atom stereocenters. The average Bonchev–Trinajstić information content (AvgIpc) is 2.25. The van der Waals surface area contributed by atoms with Gasteiger partial charge in [0.05, 0.1) is 24.9 Å². The smallest absolute Gasteiger partial charge is 0.109 e. The van der Waals surface area contributed by atoms with Crippen molar-refractivity contribution in [2.45, 2.75) is 56.6 Å². The van der Waals surface area contributed by atoms with Crippen molar-refractivity contribution in [1.82, 2.24) is 5.32 Å². The Hall–Kier alpha value is -0.200. The Bertz CT molecular complexity index is 188. The fourth-order valence-electron chi connectivity index (χ4n) is 1.99. The van der Waals surface area contributed by atoms with Crippen LogP contribution in [0.1, 0.15) is 26.2 Å². The molecule has 0 bridgehead atoms. The first-order valence-electron chi connectivity index (χ1n) is 5.53. The van der Waals surface area contributed by atoms with E-state index in [1.54, 1.807) is 0 Å². The number of hydrogen-bond acceptors (Lipinski definition) is 5. The van der Waals surface area contributed by atoms with Crippen molar-refractivity contribution in [2.24, 2.45) is 0 Å². The molecule has 15 heavy (non-hydrogen) atoms. The summed E-state index contributed by atoms with van der Waals surface area (Å²) in [6.07, 6.45) is -0.566. The van der Waals surface area contributed by atoms with E-state index in [1.807, 2.05) is 6.92 Å². The lowest BCUT2D eigenvalue weighted by Gasteiger charge is -2.41. The Morgan fingerprint density at radius 3 is 2.13 bits per heavy atom. The van der Waals surface area contributed by atoms with E-state index < -0.39 is 24.4 Å². The van der Waals surface area contributed by atoms with Gasteiger partial charge in [0.15, 0.2) is 0 Å². The molecule has 1 heterocycles. The zero-order chi connectivity index (χ0) is 11.4. The van der Waals surface area contributed by atoms with E-state index in [2.05, 4.69) is 5.32 Å². The maximum Gasteiger partial charge on any atom is 0.109 e. The Labute approximate surface area is 89.7 Å². The maximum atomic E-state index is 9.69. The summed E-state index contributed by atoms with van der Waals surface area (Å²) in [5, 5.41) is 40.7. The van der Waals surface area contributed by atoms with Crippen molar-refractivity contribution in [1.29, 1.82) is 0 Å². The molecule has 0 aromatic rings. The van der Waals surface area contributed by atoms with E-state index in [0.29, 0.717) is 0 Å². The number of aliphatic hydroxyl groups is 4. The van der Waals surface area contributed by atoms with Crippen LogP contribution in [-0.4, -0.2) is 57.4 Å². The molecule has 0 aromatic heterocycles. The first kappa shape index (κ1) is 12.9. The second-order valence-electron chi connectivity index (χ2n) is 4.18. The van der Waals surface area contributed by atoms with E-state index in [4.69, 9.17) is 5.11 Å². The Morgan fingerprint density at radius 2 is 1.60 bits per heavy atom. The number of nitrogens with one attached hydrogen (secondary N) is 1. The van der Waals surface area contributed by atoms with Gasteiger partial charge in [0.25, 0.3) is 0 Å². The molecule has 1 aliphatic heterocycles. The molecule has 0 unspecified atom stereocenters. The number of aliphatic hydroxyl groups excluding tert-OH is 4. The minimum absolute atomic E-state index is 0.242. The molecule has 5 nitrogen and oxygen atoms in total. The first-order valence-corrected chi connectivity index (χ1v) is 5.53. The third-order valence-electron chi connectivity index (χ3n) is 3.02. The highest BCUT2D eigenvalue weighted by Gasteiger charge is 2.41. The molecule has 0 spiro atoms. The van der Waals surface area contributed by atoms with Crippen LogP contribution in [-0.2, 0) is 0 Å². The second kappa shape index (κ2) is 5.77. The van der Waals surface area contributed by atoms with Gasteiger partial charge in [-0.3, -0.25) is 0 Å². The standard InChI is InChI=1S/C10H21NO4/c1-2-3-4-6-8(13)10(15)9(14)7(5-12)11-6/h6-15H,2-5H2,1H3/t6-,7-,8-,9-,10+/m1/s1. The lowest BCUT2D eigenvalue weighted by atomic mass is 9.88. The lowest BCUT2D eigenvalue weighted by molar-refractivity contribution is -0.120. The van der Waals surface area contributed by atoms with Crippen LogP contribution in [0.3, 0.4) is 0 Å². The third kappa shape index (κ3) is 2.89. The minimum atomic E-state index is -1.18. The number of piperidine rings is 1.